The molecule has 1 aliphatic rings. The van der Waals surface area contributed by atoms with Crippen LogP contribution in [0.25, 0.3) is 0 Å². The number of fused-ring (bicyclic) bond motifs is 1. The quantitative estimate of drug-likeness (QED) is 0.880. The van der Waals surface area contributed by atoms with Crippen LogP contribution in [-0.4, -0.2) is 18.2 Å². The highest BCUT2D eigenvalue weighted by Crippen LogP contribution is 2.40. The summed E-state index contributed by atoms with van der Waals surface area (Å²) in [5.74, 6) is 0.935. The lowest BCUT2D eigenvalue weighted by atomic mass is 9.89. The summed E-state index contributed by atoms with van der Waals surface area (Å²) in [7, 11) is 0. The maximum absolute atomic E-state index is 12.0. The molecule has 0 bridgehead atoms. The van der Waals surface area contributed by atoms with Crippen molar-refractivity contribution in [1.82, 2.24) is 5.32 Å². The number of nitrogens with two attached hydrogens (primary N) is 1. The monoisotopic (exact) mass is 266 g/mol. The van der Waals surface area contributed by atoms with Crippen LogP contribution in [0.15, 0.2) is 16.7 Å². The molecule has 0 fully saturated rings. The maximum Gasteiger partial charge on any atom is 0.408 e. The highest BCUT2D eigenvalue weighted by molar-refractivity contribution is 5.69. The van der Waals surface area contributed by atoms with Crippen LogP contribution in [0.2, 0.25) is 0 Å². The van der Waals surface area contributed by atoms with Crippen molar-refractivity contribution in [3.05, 3.63) is 23.7 Å². The van der Waals surface area contributed by atoms with Crippen molar-refractivity contribution in [2.45, 2.75) is 51.2 Å². The van der Waals surface area contributed by atoms with E-state index < -0.39 is 17.2 Å². The predicted molar refractivity (Wildman–Crippen MR) is 71.7 cm³/mol. The lowest BCUT2D eigenvalue weighted by molar-refractivity contribution is 0.0446. The van der Waals surface area contributed by atoms with Crippen molar-refractivity contribution in [3.8, 4) is 0 Å². The van der Waals surface area contributed by atoms with Crippen molar-refractivity contribution >= 4 is 6.09 Å². The highest BCUT2D eigenvalue weighted by Gasteiger charge is 2.42. The third-order valence-corrected chi connectivity index (χ3v) is 3.35. The number of rotatable bonds is 3. The molecule has 1 aromatic heterocycles. The van der Waals surface area contributed by atoms with E-state index in [1.807, 2.05) is 26.8 Å². The first-order chi connectivity index (χ1) is 8.86. The number of ether oxygens (including phenoxy) is 1. The van der Waals surface area contributed by atoms with Gasteiger partial charge >= 0.3 is 6.09 Å². The molecule has 1 atom stereocenters. The molecule has 106 valence electrons. The fraction of sp³-hybridized carbons (Fsp3) is 0.643. The van der Waals surface area contributed by atoms with Gasteiger partial charge in [0.15, 0.2) is 0 Å². The molecule has 1 heterocycles. The van der Waals surface area contributed by atoms with Gasteiger partial charge in [-0.05, 0) is 46.2 Å². The average Bonchev–Trinajstić information content (AvgIpc) is 2.81. The largest absolute Gasteiger partial charge is 0.469 e. The van der Waals surface area contributed by atoms with E-state index in [2.05, 4.69) is 5.32 Å². The van der Waals surface area contributed by atoms with Crippen molar-refractivity contribution in [1.29, 1.82) is 0 Å². The van der Waals surface area contributed by atoms with E-state index in [0.29, 0.717) is 13.0 Å². The Kier molecular flexibility index (Phi) is 3.58. The van der Waals surface area contributed by atoms with Gasteiger partial charge in [-0.2, -0.15) is 0 Å². The number of hydrogen-bond donors (Lipinski definition) is 2. The predicted octanol–water partition coefficient (Wildman–Crippen LogP) is 2.29. The summed E-state index contributed by atoms with van der Waals surface area (Å²) >= 11 is 0. The second kappa shape index (κ2) is 4.89. The Balaban J connectivity index is 2.16. The Morgan fingerprint density at radius 3 is 2.95 bits per heavy atom. The molecule has 0 saturated carbocycles. The van der Waals surface area contributed by atoms with Crippen molar-refractivity contribution < 1.29 is 13.9 Å². The number of alkyl carbamates (subject to hydrolysis) is 1. The second-order valence-corrected chi connectivity index (χ2v) is 6.01. The Morgan fingerprint density at radius 2 is 2.32 bits per heavy atom. The Bertz CT molecular complexity index is 462. The Labute approximate surface area is 113 Å². The molecule has 3 N–H and O–H groups in total. The number of aryl methyl sites for hydroxylation is 1. The SMILES string of the molecule is CC(C)(C)OC(=O)NC1(CCN)CCc2occc21. The minimum atomic E-state index is -0.508. The van der Waals surface area contributed by atoms with Crippen molar-refractivity contribution in [2.75, 3.05) is 6.54 Å². The number of amides is 1. The Morgan fingerprint density at radius 1 is 1.58 bits per heavy atom. The molecule has 2 rings (SSSR count). The molecule has 1 aromatic rings. The number of carbonyl (C=O) groups is 1. The number of carbonyl (C=O) groups excluding carboxylic acids is 1. The number of hydrogen-bond acceptors (Lipinski definition) is 4. The van der Waals surface area contributed by atoms with E-state index in [-0.39, 0.29) is 0 Å². The third kappa shape index (κ3) is 2.92. The summed E-state index contributed by atoms with van der Waals surface area (Å²) in [6, 6.07) is 1.91. The summed E-state index contributed by atoms with van der Waals surface area (Å²) in [4.78, 5) is 12.0. The van der Waals surface area contributed by atoms with Crippen LogP contribution in [0.1, 0.15) is 44.9 Å². The molecule has 0 spiro atoms. The second-order valence-electron chi connectivity index (χ2n) is 6.01. The van der Waals surface area contributed by atoms with Crippen LogP contribution in [0, 0.1) is 0 Å². The van der Waals surface area contributed by atoms with Crippen LogP contribution in [-0.2, 0) is 16.7 Å². The van der Waals surface area contributed by atoms with E-state index in [0.717, 1.165) is 24.2 Å². The first kappa shape index (κ1) is 13.9. The topological polar surface area (TPSA) is 77.5 Å². The van der Waals surface area contributed by atoms with Crippen LogP contribution in [0.3, 0.4) is 0 Å². The Hall–Kier alpha value is -1.49. The van der Waals surface area contributed by atoms with Crippen LogP contribution in [0.5, 0.6) is 0 Å². The summed E-state index contributed by atoms with van der Waals surface area (Å²) in [6.45, 7) is 6.04. The molecule has 5 nitrogen and oxygen atoms in total. The fourth-order valence-electron chi connectivity index (χ4n) is 2.62. The van der Waals surface area contributed by atoms with Gasteiger partial charge < -0.3 is 20.2 Å². The van der Waals surface area contributed by atoms with Gasteiger partial charge in [0.1, 0.15) is 11.4 Å². The normalized spacial score (nSPS) is 22.1. The summed E-state index contributed by atoms with van der Waals surface area (Å²) in [5.41, 5.74) is 5.78. The number of furan rings is 1. The molecule has 0 saturated heterocycles. The minimum absolute atomic E-state index is 0.407. The van der Waals surface area contributed by atoms with Crippen molar-refractivity contribution in [2.24, 2.45) is 5.73 Å². The van der Waals surface area contributed by atoms with Crippen LogP contribution in [0.4, 0.5) is 4.79 Å². The van der Waals surface area contributed by atoms with E-state index in [1.54, 1.807) is 6.26 Å². The zero-order chi connectivity index (χ0) is 14.1. The lowest BCUT2D eigenvalue weighted by Crippen LogP contribution is -2.47. The standard InChI is InChI=1S/C14H22N2O3/c1-13(2,3)19-12(17)16-14(7-8-15)6-4-11-10(14)5-9-18-11/h5,9H,4,6-8,15H2,1-3H3,(H,16,17). The molecule has 1 amide bonds. The summed E-state index contributed by atoms with van der Waals surface area (Å²) < 4.78 is 10.8. The molecule has 19 heavy (non-hydrogen) atoms. The number of nitrogens with one attached hydrogen (secondary N) is 1. The van der Waals surface area contributed by atoms with Gasteiger partial charge in [-0.3, -0.25) is 0 Å². The molecule has 0 aliphatic heterocycles. The van der Waals surface area contributed by atoms with Gasteiger partial charge in [0.25, 0.3) is 0 Å². The van der Waals surface area contributed by atoms with E-state index in [1.165, 1.54) is 0 Å². The van der Waals surface area contributed by atoms with Crippen LogP contribution < -0.4 is 11.1 Å². The van der Waals surface area contributed by atoms with Gasteiger partial charge in [0.05, 0.1) is 11.8 Å². The molecule has 5 heteroatoms. The molecule has 1 unspecified atom stereocenters. The van der Waals surface area contributed by atoms with Crippen molar-refractivity contribution in [3.63, 3.8) is 0 Å². The van der Waals surface area contributed by atoms with Gasteiger partial charge in [-0.25, -0.2) is 4.79 Å². The van der Waals surface area contributed by atoms with Gasteiger partial charge in [0, 0.05) is 12.0 Å². The highest BCUT2D eigenvalue weighted by atomic mass is 16.6. The molecule has 1 aliphatic carbocycles. The molecular weight excluding hydrogens is 244 g/mol. The zero-order valence-electron chi connectivity index (χ0n) is 11.8. The van der Waals surface area contributed by atoms with Gasteiger partial charge in [-0.15, -0.1) is 0 Å². The van der Waals surface area contributed by atoms with Gasteiger partial charge in [0.2, 0.25) is 0 Å². The van der Waals surface area contributed by atoms with E-state index in [9.17, 15) is 4.79 Å². The summed E-state index contributed by atoms with van der Waals surface area (Å²) in [5, 5.41) is 2.99. The molecular formula is C14H22N2O3. The smallest absolute Gasteiger partial charge is 0.408 e. The first-order valence-electron chi connectivity index (χ1n) is 6.64. The average molecular weight is 266 g/mol. The molecule has 0 aromatic carbocycles. The minimum Gasteiger partial charge on any atom is -0.469 e. The lowest BCUT2D eigenvalue weighted by Gasteiger charge is -2.31. The zero-order valence-corrected chi connectivity index (χ0v) is 11.8. The van der Waals surface area contributed by atoms with E-state index >= 15 is 0 Å². The molecule has 0 radical (unpaired) electrons. The first-order valence-corrected chi connectivity index (χ1v) is 6.64. The fourth-order valence-corrected chi connectivity index (χ4v) is 2.62. The maximum atomic E-state index is 12.0. The van der Waals surface area contributed by atoms with Crippen LogP contribution >= 0.6 is 0 Å². The van der Waals surface area contributed by atoms with E-state index in [4.69, 9.17) is 14.9 Å². The summed E-state index contributed by atoms with van der Waals surface area (Å²) in [6.07, 6.45) is 3.55. The van der Waals surface area contributed by atoms with Gasteiger partial charge in [-0.1, -0.05) is 0 Å². The third-order valence-electron chi connectivity index (χ3n) is 3.35.